The fourth-order valence-corrected chi connectivity index (χ4v) is 4.35. The van der Waals surface area contributed by atoms with Gasteiger partial charge in [-0.15, -0.1) is 0 Å². The topological polar surface area (TPSA) is 114 Å². The number of carbonyl (C=O) groups excluding carboxylic acids is 2. The number of hydrogen-bond acceptors (Lipinski definition) is 6. The molecule has 3 aromatic rings. The summed E-state index contributed by atoms with van der Waals surface area (Å²) in [5.41, 5.74) is 1.32. The number of anilines is 2. The van der Waals surface area contributed by atoms with Gasteiger partial charge in [0.05, 0.1) is 17.2 Å². The van der Waals surface area contributed by atoms with E-state index in [0.29, 0.717) is 35.0 Å². The van der Waals surface area contributed by atoms with Crippen molar-refractivity contribution in [1.82, 2.24) is 5.32 Å². The van der Waals surface area contributed by atoms with Gasteiger partial charge in [0.15, 0.2) is 6.61 Å². The Bertz CT molecular complexity index is 1280. The van der Waals surface area contributed by atoms with Crippen molar-refractivity contribution in [1.29, 1.82) is 0 Å². The van der Waals surface area contributed by atoms with E-state index in [0.717, 1.165) is 0 Å². The van der Waals surface area contributed by atoms with Gasteiger partial charge in [0.25, 0.3) is 21.8 Å². The lowest BCUT2D eigenvalue weighted by Crippen LogP contribution is -2.26. The Morgan fingerprint density at radius 1 is 0.914 bits per heavy atom. The monoisotopic (exact) mass is 497 g/mol. The van der Waals surface area contributed by atoms with Gasteiger partial charge in [0.1, 0.15) is 11.5 Å². The van der Waals surface area contributed by atoms with Gasteiger partial charge in [-0.25, -0.2) is 8.42 Å². The number of hydrogen-bond donors (Lipinski definition) is 2. The van der Waals surface area contributed by atoms with Gasteiger partial charge >= 0.3 is 0 Å². The predicted octanol–water partition coefficient (Wildman–Crippen LogP) is 3.29. The van der Waals surface area contributed by atoms with Crippen molar-refractivity contribution in [2.75, 3.05) is 36.9 Å². The second kappa shape index (κ2) is 11.4. The lowest BCUT2D eigenvalue weighted by Gasteiger charge is -2.20. The summed E-state index contributed by atoms with van der Waals surface area (Å²) >= 11 is 0. The van der Waals surface area contributed by atoms with Crippen molar-refractivity contribution < 1.29 is 27.5 Å². The largest absolute Gasteiger partial charge is 0.494 e. The van der Waals surface area contributed by atoms with Crippen LogP contribution in [0.4, 0.5) is 11.4 Å². The van der Waals surface area contributed by atoms with Gasteiger partial charge < -0.3 is 20.1 Å². The van der Waals surface area contributed by atoms with Gasteiger partial charge in [-0.05, 0) is 73.7 Å². The molecule has 3 aromatic carbocycles. The number of nitrogens with one attached hydrogen (secondary N) is 2. The van der Waals surface area contributed by atoms with Crippen molar-refractivity contribution in [2.24, 2.45) is 0 Å². The Hall–Kier alpha value is -4.05. The minimum Gasteiger partial charge on any atom is -0.494 e. The Balaban J connectivity index is 1.59. The van der Waals surface area contributed by atoms with Gasteiger partial charge in [0, 0.05) is 25.3 Å². The number of nitrogens with zero attached hydrogens (tertiary/aromatic N) is 1. The van der Waals surface area contributed by atoms with E-state index < -0.39 is 15.9 Å². The molecule has 0 saturated carbocycles. The average Bonchev–Trinajstić information content (AvgIpc) is 2.87. The quantitative estimate of drug-likeness (QED) is 0.444. The third kappa shape index (κ3) is 6.51. The van der Waals surface area contributed by atoms with Gasteiger partial charge in [-0.2, -0.15) is 0 Å². The zero-order valence-corrected chi connectivity index (χ0v) is 20.5. The normalized spacial score (nSPS) is 10.8. The van der Waals surface area contributed by atoms with Crippen LogP contribution in [0.1, 0.15) is 17.3 Å². The number of rotatable bonds is 10. The molecule has 0 atom stereocenters. The molecule has 0 saturated heterocycles. The first kappa shape index (κ1) is 25.6. The van der Waals surface area contributed by atoms with E-state index in [4.69, 9.17) is 9.47 Å². The fourth-order valence-electron chi connectivity index (χ4n) is 3.15. The molecule has 0 spiro atoms. The molecule has 2 N–H and O–H groups in total. The van der Waals surface area contributed by atoms with Crippen LogP contribution in [0, 0.1) is 0 Å². The first-order valence-corrected chi connectivity index (χ1v) is 12.2. The van der Waals surface area contributed by atoms with Crippen LogP contribution in [0.5, 0.6) is 11.5 Å². The van der Waals surface area contributed by atoms with Gasteiger partial charge in [-0.3, -0.25) is 13.9 Å². The number of sulfonamides is 1. The molecule has 0 bridgehead atoms. The molecule has 0 aliphatic carbocycles. The van der Waals surface area contributed by atoms with Crippen molar-refractivity contribution >= 4 is 33.2 Å². The Kier molecular flexibility index (Phi) is 8.32. The van der Waals surface area contributed by atoms with E-state index in [1.807, 2.05) is 6.92 Å². The third-order valence-electron chi connectivity index (χ3n) is 5.00. The molecule has 0 radical (unpaired) electrons. The van der Waals surface area contributed by atoms with Crippen molar-refractivity contribution in [3.63, 3.8) is 0 Å². The molecule has 35 heavy (non-hydrogen) atoms. The second-order valence-corrected chi connectivity index (χ2v) is 9.34. The van der Waals surface area contributed by atoms with E-state index in [1.165, 1.54) is 30.5 Å². The van der Waals surface area contributed by atoms with Crippen LogP contribution in [-0.4, -0.2) is 47.5 Å². The molecule has 0 aliphatic rings. The van der Waals surface area contributed by atoms with Crippen LogP contribution < -0.4 is 24.4 Å². The Labute approximate surface area is 204 Å². The molecule has 10 heteroatoms. The van der Waals surface area contributed by atoms with Crippen LogP contribution in [-0.2, 0) is 14.8 Å². The number of carbonyl (C=O) groups is 2. The molecule has 0 aromatic heterocycles. The Morgan fingerprint density at radius 2 is 1.54 bits per heavy atom. The molecule has 2 amide bonds. The highest BCUT2D eigenvalue weighted by Crippen LogP contribution is 2.25. The summed E-state index contributed by atoms with van der Waals surface area (Å²) in [5.74, 6) is 0.332. The first-order chi connectivity index (χ1) is 16.7. The van der Waals surface area contributed by atoms with Crippen molar-refractivity contribution in [2.45, 2.75) is 11.8 Å². The second-order valence-electron chi connectivity index (χ2n) is 7.37. The standard InChI is InChI=1S/C25H27N3O6S/c1-4-33-21-12-14-23(15-13-21)35(31,32)28(3)20-8-10-22(11-9-20)34-17-24(29)27-19-7-5-6-18(16-19)25(30)26-2/h5-16H,4,17H2,1-3H3,(H,26,30)(H,27,29). The van der Waals surface area contributed by atoms with Gasteiger partial charge in [-0.1, -0.05) is 6.07 Å². The molecule has 184 valence electrons. The number of amides is 2. The van der Waals surface area contributed by atoms with Crippen LogP contribution in [0.2, 0.25) is 0 Å². The minimum atomic E-state index is -3.76. The first-order valence-electron chi connectivity index (χ1n) is 10.8. The van der Waals surface area contributed by atoms with Crippen LogP contribution in [0.25, 0.3) is 0 Å². The highest BCUT2D eigenvalue weighted by atomic mass is 32.2. The molecule has 0 fully saturated rings. The van der Waals surface area contributed by atoms with E-state index in [1.54, 1.807) is 60.7 Å². The fraction of sp³-hybridized carbons (Fsp3) is 0.200. The maximum absolute atomic E-state index is 12.9. The summed E-state index contributed by atoms with van der Waals surface area (Å²) < 4.78 is 37.9. The highest BCUT2D eigenvalue weighted by Gasteiger charge is 2.21. The van der Waals surface area contributed by atoms with Crippen LogP contribution in [0.15, 0.2) is 77.7 Å². The van der Waals surface area contributed by atoms with Crippen molar-refractivity contribution in [3.05, 3.63) is 78.4 Å². The van der Waals surface area contributed by atoms with E-state index in [9.17, 15) is 18.0 Å². The zero-order chi connectivity index (χ0) is 25.4. The lowest BCUT2D eigenvalue weighted by molar-refractivity contribution is -0.118. The average molecular weight is 498 g/mol. The summed E-state index contributed by atoms with van der Waals surface area (Å²) in [7, 11) is -0.776. The number of benzene rings is 3. The smallest absolute Gasteiger partial charge is 0.264 e. The summed E-state index contributed by atoms with van der Waals surface area (Å²) in [6, 6.07) is 19.1. The van der Waals surface area contributed by atoms with Crippen LogP contribution >= 0.6 is 0 Å². The minimum absolute atomic E-state index is 0.140. The maximum atomic E-state index is 12.9. The highest BCUT2D eigenvalue weighted by molar-refractivity contribution is 7.92. The molecule has 0 heterocycles. The summed E-state index contributed by atoms with van der Waals surface area (Å²) in [5, 5.41) is 5.19. The molecule has 0 unspecified atom stereocenters. The summed E-state index contributed by atoms with van der Waals surface area (Å²) in [6.45, 7) is 2.09. The lowest BCUT2D eigenvalue weighted by atomic mass is 10.2. The Morgan fingerprint density at radius 3 is 2.17 bits per heavy atom. The summed E-state index contributed by atoms with van der Waals surface area (Å²) in [4.78, 5) is 24.1. The summed E-state index contributed by atoms with van der Waals surface area (Å²) in [6.07, 6.45) is 0. The molecule has 3 rings (SSSR count). The molecule has 0 aliphatic heterocycles. The third-order valence-corrected chi connectivity index (χ3v) is 6.80. The van der Waals surface area contributed by atoms with E-state index >= 15 is 0 Å². The zero-order valence-electron chi connectivity index (χ0n) is 19.6. The predicted molar refractivity (Wildman–Crippen MR) is 134 cm³/mol. The molecule has 9 nitrogen and oxygen atoms in total. The van der Waals surface area contributed by atoms with Crippen LogP contribution in [0.3, 0.4) is 0 Å². The SMILES string of the molecule is CCOc1ccc(S(=O)(=O)N(C)c2ccc(OCC(=O)Nc3cccc(C(=O)NC)c3)cc2)cc1. The maximum Gasteiger partial charge on any atom is 0.264 e. The van der Waals surface area contributed by atoms with Crippen molar-refractivity contribution in [3.8, 4) is 11.5 Å². The molecular formula is C25H27N3O6S. The molecular weight excluding hydrogens is 470 g/mol. The number of ether oxygens (including phenoxy) is 2. The van der Waals surface area contributed by atoms with Gasteiger partial charge in [0.2, 0.25) is 0 Å². The van der Waals surface area contributed by atoms with E-state index in [2.05, 4.69) is 10.6 Å². The van der Waals surface area contributed by atoms with E-state index in [-0.39, 0.29) is 17.4 Å².